The number of carbonyl (C=O) groups is 1. The van der Waals surface area contributed by atoms with Crippen molar-refractivity contribution in [3.63, 3.8) is 0 Å². The average Bonchev–Trinajstić information content (AvgIpc) is 3.51. The number of benzene rings is 1. The van der Waals surface area contributed by atoms with Crippen molar-refractivity contribution < 1.29 is 23.9 Å². The molecule has 3 saturated heterocycles. The van der Waals surface area contributed by atoms with Crippen molar-refractivity contribution in [1.29, 1.82) is 0 Å². The van der Waals surface area contributed by atoms with Gasteiger partial charge in [-0.2, -0.15) is 0 Å². The summed E-state index contributed by atoms with van der Waals surface area (Å²) >= 11 is 0. The minimum absolute atomic E-state index is 0. The summed E-state index contributed by atoms with van der Waals surface area (Å²) in [6.45, 7) is 1.04. The Labute approximate surface area is 171 Å². The van der Waals surface area contributed by atoms with Crippen molar-refractivity contribution in [3.05, 3.63) is 35.9 Å². The quantitative estimate of drug-likeness (QED) is 0.420. The lowest BCUT2D eigenvalue weighted by molar-refractivity contribution is -0.957. The summed E-state index contributed by atoms with van der Waals surface area (Å²) in [6, 6.07) is 10.4. The molecular formula is C21H29BrNO4+. The van der Waals surface area contributed by atoms with E-state index in [1.165, 1.54) is 19.4 Å². The largest absolute Gasteiger partial charge is 0.461 e. The molecule has 7 atom stereocenters. The number of hydrogen-bond donors (Lipinski definition) is 1. The second kappa shape index (κ2) is 7.14. The Hall–Kier alpha value is -0.950. The van der Waals surface area contributed by atoms with Crippen LogP contribution in [0.3, 0.4) is 0 Å². The van der Waals surface area contributed by atoms with Crippen molar-refractivity contribution in [2.75, 3.05) is 20.2 Å². The predicted octanol–water partition coefficient (Wildman–Crippen LogP) is 2.42. The summed E-state index contributed by atoms with van der Waals surface area (Å²) < 4.78 is 12.9. The van der Waals surface area contributed by atoms with Crippen LogP contribution in [0.5, 0.6) is 0 Å². The van der Waals surface area contributed by atoms with Gasteiger partial charge in [0.25, 0.3) is 0 Å². The maximum absolute atomic E-state index is 12.7. The molecule has 2 bridgehead atoms. The van der Waals surface area contributed by atoms with E-state index in [9.17, 15) is 9.90 Å². The minimum atomic E-state index is -0.589. The molecule has 1 aromatic rings. The maximum Gasteiger partial charge on any atom is 0.316 e. The number of aliphatic hydroxyl groups is 1. The molecule has 6 heteroatoms. The van der Waals surface area contributed by atoms with E-state index in [1.807, 2.05) is 30.3 Å². The zero-order chi connectivity index (χ0) is 17.9. The lowest BCUT2D eigenvalue weighted by atomic mass is 9.94. The van der Waals surface area contributed by atoms with Gasteiger partial charge in [0.1, 0.15) is 36.3 Å². The Kier molecular flexibility index (Phi) is 5.12. The van der Waals surface area contributed by atoms with Crippen LogP contribution in [0, 0.1) is 5.92 Å². The van der Waals surface area contributed by atoms with Crippen molar-refractivity contribution >= 4 is 23.0 Å². The number of piperidine rings is 1. The number of likely N-dealkylation sites (N-methyl/N-ethyl adjacent to an activating group) is 1. The highest BCUT2D eigenvalue weighted by Gasteiger charge is 2.72. The second-order valence-corrected chi connectivity index (χ2v) is 8.85. The van der Waals surface area contributed by atoms with Crippen LogP contribution >= 0.6 is 17.0 Å². The number of carbonyl (C=O) groups excluding carboxylic acids is 1. The Morgan fingerprint density at radius 2 is 1.85 bits per heavy atom. The molecule has 4 aliphatic rings. The van der Waals surface area contributed by atoms with Gasteiger partial charge in [-0.1, -0.05) is 30.3 Å². The van der Waals surface area contributed by atoms with E-state index in [-0.39, 0.29) is 35.7 Å². The van der Waals surface area contributed by atoms with E-state index in [0.29, 0.717) is 24.3 Å². The number of esters is 1. The first-order chi connectivity index (χ1) is 12.6. The van der Waals surface area contributed by atoms with Gasteiger partial charge >= 0.3 is 5.97 Å². The molecule has 3 aliphatic heterocycles. The predicted molar refractivity (Wildman–Crippen MR) is 106 cm³/mol. The van der Waals surface area contributed by atoms with E-state index in [4.69, 9.17) is 9.47 Å². The zero-order valence-electron chi connectivity index (χ0n) is 15.7. The Bertz CT molecular complexity index is 677. The van der Waals surface area contributed by atoms with Crippen LogP contribution in [0.4, 0.5) is 0 Å². The van der Waals surface area contributed by atoms with Gasteiger partial charge in [-0.15, -0.1) is 17.0 Å². The SMILES string of the molecule is Br.C[N+]1(CC2CC2)[C@@H]2CC(OC(=O)[C@H](CO)c3ccccc3)C[C@H]1[C@@H]1O[C@@H]12. The number of epoxide rings is 1. The van der Waals surface area contributed by atoms with E-state index in [2.05, 4.69) is 7.05 Å². The number of ether oxygens (including phenoxy) is 2. The fourth-order valence-electron chi connectivity index (χ4n) is 5.53. The first-order valence-corrected chi connectivity index (χ1v) is 9.97. The summed E-state index contributed by atoms with van der Waals surface area (Å²) in [7, 11) is 2.39. The highest BCUT2D eigenvalue weighted by Crippen LogP contribution is 2.54. The van der Waals surface area contributed by atoms with E-state index < -0.39 is 5.92 Å². The zero-order valence-corrected chi connectivity index (χ0v) is 17.4. The summed E-state index contributed by atoms with van der Waals surface area (Å²) in [5, 5.41) is 9.71. The molecule has 1 aliphatic carbocycles. The van der Waals surface area contributed by atoms with Gasteiger partial charge in [-0.3, -0.25) is 4.79 Å². The van der Waals surface area contributed by atoms with Gasteiger partial charge in [0.2, 0.25) is 0 Å². The molecule has 5 nitrogen and oxygen atoms in total. The molecule has 1 aromatic carbocycles. The topological polar surface area (TPSA) is 59.1 Å². The second-order valence-electron chi connectivity index (χ2n) is 8.85. The average molecular weight is 439 g/mol. The molecule has 1 saturated carbocycles. The van der Waals surface area contributed by atoms with E-state index in [1.54, 1.807) is 0 Å². The summed E-state index contributed by atoms with van der Waals surface area (Å²) in [4.78, 5) is 12.7. The number of quaternary nitrogens is 1. The molecule has 27 heavy (non-hydrogen) atoms. The molecule has 0 amide bonds. The van der Waals surface area contributed by atoms with Gasteiger partial charge in [0.15, 0.2) is 0 Å². The van der Waals surface area contributed by atoms with E-state index >= 15 is 0 Å². The molecule has 2 unspecified atom stereocenters. The molecule has 4 fully saturated rings. The van der Waals surface area contributed by atoms with Crippen LogP contribution < -0.4 is 0 Å². The van der Waals surface area contributed by atoms with Gasteiger partial charge < -0.3 is 19.1 Å². The van der Waals surface area contributed by atoms with Crippen LogP contribution in [-0.4, -0.2) is 66.2 Å². The Balaban J connectivity index is 0.00000180. The Morgan fingerprint density at radius 1 is 1.22 bits per heavy atom. The van der Waals surface area contributed by atoms with Crippen LogP contribution in [0.25, 0.3) is 0 Å². The van der Waals surface area contributed by atoms with Gasteiger partial charge in [-0.05, 0) is 18.4 Å². The smallest absolute Gasteiger partial charge is 0.316 e. The third-order valence-corrected chi connectivity index (χ3v) is 7.14. The number of hydrogen-bond acceptors (Lipinski definition) is 4. The standard InChI is InChI=1S/C21H28NO4.BrH/c1-22(11-13-7-8-13)17-9-15(10-18(22)20-19(17)26-20)25-21(24)16(12-23)14-5-3-2-4-6-14;/h2-6,13,15-20,23H,7-12H2,1H3;1H/q+1;/t15?,16-,17-,18+,19-,20+,22?;/m1./s1. The molecule has 148 valence electrons. The van der Waals surface area contributed by atoms with Gasteiger partial charge in [0, 0.05) is 18.8 Å². The molecule has 0 spiro atoms. The first kappa shape index (κ1) is 19.4. The highest BCUT2D eigenvalue weighted by molar-refractivity contribution is 8.93. The summed E-state index contributed by atoms with van der Waals surface area (Å²) in [6.07, 6.45) is 5.22. The van der Waals surface area contributed by atoms with Gasteiger partial charge in [0.05, 0.1) is 20.2 Å². The molecular weight excluding hydrogens is 410 g/mol. The molecule has 1 N–H and O–H groups in total. The Morgan fingerprint density at radius 3 is 2.41 bits per heavy atom. The van der Waals surface area contributed by atoms with E-state index in [0.717, 1.165) is 28.8 Å². The summed E-state index contributed by atoms with van der Waals surface area (Å²) in [5.74, 6) is 0.00309. The third-order valence-electron chi connectivity index (χ3n) is 7.14. The molecule has 5 rings (SSSR count). The number of morpholine rings is 1. The summed E-state index contributed by atoms with van der Waals surface area (Å²) in [5.41, 5.74) is 0.819. The first-order valence-electron chi connectivity index (χ1n) is 9.97. The van der Waals surface area contributed by atoms with Crippen molar-refractivity contribution in [2.24, 2.45) is 5.92 Å². The normalized spacial score (nSPS) is 39.9. The van der Waals surface area contributed by atoms with Crippen LogP contribution in [0.1, 0.15) is 37.2 Å². The lowest BCUT2D eigenvalue weighted by Crippen LogP contribution is -2.63. The van der Waals surface area contributed by atoms with Gasteiger partial charge in [-0.25, -0.2) is 0 Å². The van der Waals surface area contributed by atoms with Crippen LogP contribution in [0.2, 0.25) is 0 Å². The van der Waals surface area contributed by atoms with Crippen LogP contribution in [-0.2, 0) is 14.3 Å². The number of fused-ring (bicyclic) bond motifs is 5. The number of nitrogens with zero attached hydrogens (tertiary/aromatic N) is 1. The van der Waals surface area contributed by atoms with Crippen molar-refractivity contribution in [3.8, 4) is 0 Å². The van der Waals surface area contributed by atoms with Crippen molar-refractivity contribution in [2.45, 2.75) is 62.0 Å². The molecule has 0 radical (unpaired) electrons. The molecule has 3 heterocycles. The molecule has 0 aromatic heterocycles. The monoisotopic (exact) mass is 438 g/mol. The number of halogens is 1. The lowest BCUT2D eigenvalue weighted by Gasteiger charge is -2.48. The fraction of sp³-hybridized carbons (Fsp3) is 0.667. The number of rotatable bonds is 6. The maximum atomic E-state index is 12.7. The van der Waals surface area contributed by atoms with Crippen molar-refractivity contribution in [1.82, 2.24) is 0 Å². The third kappa shape index (κ3) is 3.35. The fourth-order valence-corrected chi connectivity index (χ4v) is 5.53. The van der Waals surface area contributed by atoms with Crippen LogP contribution in [0.15, 0.2) is 30.3 Å². The highest BCUT2D eigenvalue weighted by atomic mass is 79.9. The number of aliphatic hydroxyl groups excluding tert-OH is 1. The minimum Gasteiger partial charge on any atom is -0.461 e.